The van der Waals surface area contributed by atoms with Crippen molar-refractivity contribution in [2.24, 2.45) is 5.92 Å². The fourth-order valence-electron chi connectivity index (χ4n) is 2.71. The number of hydrogen-bond acceptors (Lipinski definition) is 6. The van der Waals surface area contributed by atoms with Crippen LogP contribution in [0.4, 0.5) is 17.5 Å². The van der Waals surface area contributed by atoms with Crippen molar-refractivity contribution in [1.29, 1.82) is 0 Å². The number of benzene rings is 1. The lowest BCUT2D eigenvalue weighted by Crippen LogP contribution is -2.35. The van der Waals surface area contributed by atoms with Crippen molar-refractivity contribution < 1.29 is 4.74 Å². The average Bonchev–Trinajstić information content (AvgIpc) is 2.55. The van der Waals surface area contributed by atoms with Gasteiger partial charge in [-0.1, -0.05) is 13.0 Å². The van der Waals surface area contributed by atoms with Crippen LogP contribution in [-0.4, -0.2) is 35.4 Å². The van der Waals surface area contributed by atoms with E-state index in [-0.39, 0.29) is 0 Å². The normalized spacial score (nSPS) is 18.1. The molecule has 6 nitrogen and oxygen atoms in total. The van der Waals surface area contributed by atoms with E-state index in [9.17, 15) is 0 Å². The minimum absolute atomic E-state index is 0.673. The van der Waals surface area contributed by atoms with Crippen molar-refractivity contribution in [3.63, 3.8) is 0 Å². The third-order valence-corrected chi connectivity index (χ3v) is 3.83. The summed E-state index contributed by atoms with van der Waals surface area (Å²) in [5.74, 6) is 2.86. The molecule has 1 aliphatic heterocycles. The molecule has 1 fully saturated rings. The lowest BCUT2D eigenvalue weighted by Gasteiger charge is -2.30. The maximum absolute atomic E-state index is 5.23. The van der Waals surface area contributed by atoms with E-state index >= 15 is 0 Å². The topological polar surface area (TPSA) is 63.2 Å². The summed E-state index contributed by atoms with van der Waals surface area (Å²) in [7, 11) is 1.65. The minimum Gasteiger partial charge on any atom is -0.497 e. The largest absolute Gasteiger partial charge is 0.497 e. The Morgan fingerprint density at radius 2 is 2.27 bits per heavy atom. The average molecular weight is 299 g/mol. The first kappa shape index (κ1) is 14.6. The number of anilines is 3. The maximum Gasteiger partial charge on any atom is 0.247 e. The van der Waals surface area contributed by atoms with Crippen molar-refractivity contribution in [2.45, 2.75) is 19.8 Å². The molecule has 1 aliphatic rings. The minimum atomic E-state index is 0.673. The summed E-state index contributed by atoms with van der Waals surface area (Å²) >= 11 is 0. The van der Waals surface area contributed by atoms with E-state index in [0.717, 1.165) is 24.5 Å². The summed E-state index contributed by atoms with van der Waals surface area (Å²) in [4.78, 5) is 6.79. The highest BCUT2D eigenvalue weighted by molar-refractivity contribution is 5.58. The molecule has 1 aromatic heterocycles. The second-order valence-electron chi connectivity index (χ2n) is 5.69. The molecule has 1 aromatic carbocycles. The first-order valence-corrected chi connectivity index (χ1v) is 7.60. The number of aromatic nitrogens is 3. The van der Waals surface area contributed by atoms with Gasteiger partial charge in [-0.15, -0.1) is 5.10 Å². The Hall–Kier alpha value is -2.37. The Bertz CT molecular complexity index is 633. The Balaban J connectivity index is 1.75. The summed E-state index contributed by atoms with van der Waals surface area (Å²) < 4.78 is 5.23. The third kappa shape index (κ3) is 3.44. The van der Waals surface area contributed by atoms with Gasteiger partial charge in [-0.3, -0.25) is 0 Å². The van der Waals surface area contributed by atoms with Crippen LogP contribution in [0.15, 0.2) is 30.5 Å². The summed E-state index contributed by atoms with van der Waals surface area (Å²) in [6, 6.07) is 7.73. The summed E-state index contributed by atoms with van der Waals surface area (Å²) in [6.07, 6.45) is 4.08. The molecule has 0 aliphatic carbocycles. The molecule has 2 heterocycles. The first-order valence-electron chi connectivity index (χ1n) is 7.60. The highest BCUT2D eigenvalue weighted by Gasteiger charge is 2.19. The van der Waals surface area contributed by atoms with E-state index < -0.39 is 0 Å². The molecule has 2 aromatic rings. The Labute approximate surface area is 130 Å². The molecule has 116 valence electrons. The van der Waals surface area contributed by atoms with Crippen molar-refractivity contribution >= 4 is 17.5 Å². The number of rotatable bonds is 4. The van der Waals surface area contributed by atoms with Gasteiger partial charge < -0.3 is 15.0 Å². The van der Waals surface area contributed by atoms with Gasteiger partial charge in [-0.05, 0) is 30.9 Å². The van der Waals surface area contributed by atoms with Crippen LogP contribution >= 0.6 is 0 Å². The van der Waals surface area contributed by atoms with Gasteiger partial charge in [0.15, 0.2) is 5.82 Å². The molecule has 1 unspecified atom stereocenters. The molecule has 1 atom stereocenters. The quantitative estimate of drug-likeness (QED) is 0.936. The number of ether oxygens (including phenoxy) is 1. The third-order valence-electron chi connectivity index (χ3n) is 3.83. The van der Waals surface area contributed by atoms with Crippen LogP contribution in [0.25, 0.3) is 0 Å². The molecule has 1 N–H and O–H groups in total. The highest BCUT2D eigenvalue weighted by Crippen LogP contribution is 2.22. The van der Waals surface area contributed by atoms with Gasteiger partial charge >= 0.3 is 0 Å². The number of nitrogens with zero attached hydrogens (tertiary/aromatic N) is 4. The standard InChI is InChI=1S/C16H21N5O/c1-12-5-4-8-21(11-12)16-19-15(10-17-20-16)18-13-6-3-7-14(9-13)22-2/h3,6-7,9-10,12H,4-5,8,11H2,1-2H3,(H,18,19,20). The number of methoxy groups -OCH3 is 1. The number of piperidine rings is 1. The van der Waals surface area contributed by atoms with Gasteiger partial charge in [0.25, 0.3) is 0 Å². The Kier molecular flexibility index (Phi) is 4.37. The van der Waals surface area contributed by atoms with Crippen LogP contribution < -0.4 is 15.0 Å². The summed E-state index contributed by atoms with van der Waals surface area (Å²) in [5.41, 5.74) is 0.915. The fraction of sp³-hybridized carbons (Fsp3) is 0.438. The molecule has 1 saturated heterocycles. The van der Waals surface area contributed by atoms with Crippen molar-refractivity contribution in [2.75, 3.05) is 30.4 Å². The van der Waals surface area contributed by atoms with Crippen LogP contribution in [-0.2, 0) is 0 Å². The van der Waals surface area contributed by atoms with Gasteiger partial charge in [0, 0.05) is 24.8 Å². The molecule has 0 spiro atoms. The molecular formula is C16H21N5O. The predicted octanol–water partition coefficient (Wildman–Crippen LogP) is 2.86. The monoisotopic (exact) mass is 299 g/mol. The smallest absolute Gasteiger partial charge is 0.247 e. The van der Waals surface area contributed by atoms with E-state index in [1.165, 1.54) is 12.8 Å². The van der Waals surface area contributed by atoms with Crippen LogP contribution in [0.5, 0.6) is 5.75 Å². The fourth-order valence-corrected chi connectivity index (χ4v) is 2.71. The van der Waals surface area contributed by atoms with Gasteiger partial charge in [-0.25, -0.2) is 0 Å². The molecule has 6 heteroatoms. The van der Waals surface area contributed by atoms with E-state index in [2.05, 4.69) is 32.3 Å². The molecule has 0 amide bonds. The second-order valence-corrected chi connectivity index (χ2v) is 5.69. The van der Waals surface area contributed by atoms with Crippen molar-refractivity contribution in [3.05, 3.63) is 30.5 Å². The van der Waals surface area contributed by atoms with Crippen LogP contribution in [0.1, 0.15) is 19.8 Å². The molecule has 22 heavy (non-hydrogen) atoms. The molecule has 0 radical (unpaired) electrons. The predicted molar refractivity (Wildman–Crippen MR) is 86.7 cm³/mol. The van der Waals surface area contributed by atoms with E-state index in [0.29, 0.717) is 17.7 Å². The molecule has 0 saturated carbocycles. The highest BCUT2D eigenvalue weighted by atomic mass is 16.5. The van der Waals surface area contributed by atoms with Crippen LogP contribution in [0.3, 0.4) is 0 Å². The summed E-state index contributed by atoms with van der Waals surface area (Å²) in [6.45, 7) is 4.25. The maximum atomic E-state index is 5.23. The van der Waals surface area contributed by atoms with Crippen molar-refractivity contribution in [1.82, 2.24) is 15.2 Å². The number of hydrogen-bond donors (Lipinski definition) is 1. The van der Waals surface area contributed by atoms with E-state index in [1.54, 1.807) is 13.3 Å². The van der Waals surface area contributed by atoms with Gasteiger partial charge in [0.2, 0.25) is 5.95 Å². The second kappa shape index (κ2) is 6.60. The zero-order chi connectivity index (χ0) is 15.4. The molecule has 3 rings (SSSR count). The molecular weight excluding hydrogens is 278 g/mol. The number of nitrogens with one attached hydrogen (secondary N) is 1. The van der Waals surface area contributed by atoms with Gasteiger partial charge in [0.05, 0.1) is 13.3 Å². The lowest BCUT2D eigenvalue weighted by atomic mass is 10.0. The first-order chi connectivity index (χ1) is 10.7. The zero-order valence-corrected chi connectivity index (χ0v) is 13.0. The lowest BCUT2D eigenvalue weighted by molar-refractivity contribution is 0.415. The zero-order valence-electron chi connectivity index (χ0n) is 13.0. The molecule has 0 bridgehead atoms. The van der Waals surface area contributed by atoms with Crippen molar-refractivity contribution in [3.8, 4) is 5.75 Å². The van der Waals surface area contributed by atoms with E-state index in [4.69, 9.17) is 4.74 Å². The van der Waals surface area contributed by atoms with Crippen LogP contribution in [0, 0.1) is 5.92 Å². The Morgan fingerprint density at radius 3 is 3.09 bits per heavy atom. The van der Waals surface area contributed by atoms with Gasteiger partial charge in [-0.2, -0.15) is 10.1 Å². The van der Waals surface area contributed by atoms with E-state index in [1.807, 2.05) is 24.3 Å². The Morgan fingerprint density at radius 1 is 1.36 bits per heavy atom. The van der Waals surface area contributed by atoms with Gasteiger partial charge in [0.1, 0.15) is 5.75 Å². The summed E-state index contributed by atoms with van der Waals surface area (Å²) in [5, 5.41) is 11.5. The van der Waals surface area contributed by atoms with Crippen LogP contribution in [0.2, 0.25) is 0 Å². The SMILES string of the molecule is COc1cccc(Nc2cnnc(N3CCCC(C)C3)n2)c1.